The Labute approximate surface area is 292 Å². The first-order valence-corrected chi connectivity index (χ1v) is 16.1. The minimum Gasteiger partial charge on any atom is -0.497 e. The molecule has 0 saturated heterocycles. The van der Waals surface area contributed by atoms with Crippen molar-refractivity contribution < 1.29 is 29.0 Å². The quantitative estimate of drug-likeness (QED) is 0.0771. The number of thioether (sulfide) groups is 1. The van der Waals surface area contributed by atoms with Crippen LogP contribution in [0.2, 0.25) is 5.02 Å². The van der Waals surface area contributed by atoms with Crippen molar-refractivity contribution in [3.05, 3.63) is 160 Å². The highest BCUT2D eigenvalue weighted by molar-refractivity contribution is 8.00. The number of carbonyl (C=O) groups is 4. The van der Waals surface area contributed by atoms with Gasteiger partial charge in [-0.15, -0.1) is 11.8 Å². The van der Waals surface area contributed by atoms with Crippen molar-refractivity contribution in [1.29, 1.82) is 0 Å². The highest BCUT2D eigenvalue weighted by Crippen LogP contribution is 2.37. The van der Waals surface area contributed by atoms with E-state index < -0.39 is 23.0 Å². The molecule has 0 aromatic heterocycles. The molecule has 246 valence electrons. The third-order valence-electron chi connectivity index (χ3n) is 7.13. The summed E-state index contributed by atoms with van der Waals surface area (Å²) in [6.07, 6.45) is 1.57. The molecule has 0 spiro atoms. The second-order valence-electron chi connectivity index (χ2n) is 10.5. The van der Waals surface area contributed by atoms with Gasteiger partial charge >= 0.3 is 5.97 Å². The highest BCUT2D eigenvalue weighted by atomic mass is 35.5. The van der Waals surface area contributed by atoms with Crippen molar-refractivity contribution in [2.75, 3.05) is 17.7 Å². The van der Waals surface area contributed by atoms with Crippen molar-refractivity contribution in [1.82, 2.24) is 5.32 Å². The van der Waals surface area contributed by atoms with Gasteiger partial charge in [-0.3, -0.25) is 14.4 Å². The van der Waals surface area contributed by atoms with Gasteiger partial charge < -0.3 is 25.8 Å². The Morgan fingerprint density at radius 1 is 0.776 bits per heavy atom. The number of methoxy groups -OCH3 is 1. The van der Waals surface area contributed by atoms with E-state index in [0.29, 0.717) is 28.3 Å². The van der Waals surface area contributed by atoms with E-state index in [1.54, 1.807) is 92.0 Å². The van der Waals surface area contributed by atoms with Gasteiger partial charge in [-0.05, 0) is 83.9 Å². The van der Waals surface area contributed by atoms with Crippen LogP contribution in [-0.2, 0) is 9.59 Å². The SMILES string of the molecule is COc1ccc(/C=C(\NC(=O)c2ccccc2)C(=O)Nc2ccc(SC(C(=O)Nc3ccc(Cl)c(C(=O)O)c3)c3ccccc3)cc2)cc1. The van der Waals surface area contributed by atoms with Gasteiger partial charge in [0.15, 0.2) is 0 Å². The molecular weight excluding hydrogens is 662 g/mol. The molecule has 3 amide bonds. The van der Waals surface area contributed by atoms with Gasteiger partial charge in [-0.2, -0.15) is 0 Å². The molecule has 0 saturated carbocycles. The van der Waals surface area contributed by atoms with E-state index in [-0.39, 0.29) is 22.2 Å². The molecule has 0 aliphatic carbocycles. The van der Waals surface area contributed by atoms with E-state index in [1.165, 1.54) is 30.0 Å². The van der Waals surface area contributed by atoms with Crippen LogP contribution in [0.3, 0.4) is 0 Å². The van der Waals surface area contributed by atoms with Crippen LogP contribution in [0.1, 0.15) is 37.1 Å². The maximum atomic E-state index is 13.5. The molecule has 1 unspecified atom stereocenters. The van der Waals surface area contributed by atoms with Crippen LogP contribution in [0.15, 0.2) is 138 Å². The minimum atomic E-state index is -1.20. The number of hydrogen-bond acceptors (Lipinski definition) is 6. The number of halogens is 1. The lowest BCUT2D eigenvalue weighted by Crippen LogP contribution is -2.30. The first kappa shape index (κ1) is 34.5. The number of nitrogens with one attached hydrogen (secondary N) is 3. The standard InChI is InChI=1S/C38H30ClN3O6S/c1-48-29-17-12-24(13-18-29)22-33(42-35(43)26-10-6-3-7-11-26)36(44)40-27-14-19-30(20-15-27)49-34(25-8-4-2-5-9-25)37(45)41-28-16-21-32(39)31(23-28)38(46)47/h2-23,34H,1H3,(H,40,44)(H,41,45)(H,42,43)(H,46,47)/b33-22-. The molecule has 4 N–H and O–H groups in total. The van der Waals surface area contributed by atoms with Crippen LogP contribution < -0.4 is 20.7 Å². The summed E-state index contributed by atoms with van der Waals surface area (Å²) in [6.45, 7) is 0. The average molecular weight is 692 g/mol. The van der Waals surface area contributed by atoms with E-state index in [2.05, 4.69) is 16.0 Å². The van der Waals surface area contributed by atoms with E-state index in [4.69, 9.17) is 16.3 Å². The fourth-order valence-corrected chi connectivity index (χ4v) is 5.86. The lowest BCUT2D eigenvalue weighted by molar-refractivity contribution is -0.116. The van der Waals surface area contributed by atoms with Crippen LogP contribution in [0.5, 0.6) is 5.75 Å². The number of aromatic carboxylic acids is 1. The van der Waals surface area contributed by atoms with Gasteiger partial charge in [0.05, 0.1) is 17.7 Å². The smallest absolute Gasteiger partial charge is 0.337 e. The van der Waals surface area contributed by atoms with E-state index >= 15 is 0 Å². The van der Waals surface area contributed by atoms with Crippen molar-refractivity contribution >= 4 is 64.5 Å². The summed E-state index contributed by atoms with van der Waals surface area (Å²) in [5, 5.41) is 17.2. The van der Waals surface area contributed by atoms with Crippen molar-refractivity contribution in [2.45, 2.75) is 10.1 Å². The van der Waals surface area contributed by atoms with Gasteiger partial charge in [0, 0.05) is 21.8 Å². The molecule has 49 heavy (non-hydrogen) atoms. The monoisotopic (exact) mass is 691 g/mol. The molecule has 0 radical (unpaired) electrons. The molecule has 9 nitrogen and oxygen atoms in total. The summed E-state index contributed by atoms with van der Waals surface area (Å²) in [6, 6.07) is 36.0. The van der Waals surface area contributed by atoms with Crippen molar-refractivity contribution in [3.8, 4) is 5.75 Å². The number of carbonyl (C=O) groups excluding carboxylic acids is 3. The summed E-state index contributed by atoms with van der Waals surface area (Å²) >= 11 is 7.28. The predicted molar refractivity (Wildman–Crippen MR) is 192 cm³/mol. The molecular formula is C38H30ClN3O6S. The van der Waals surface area contributed by atoms with Gasteiger partial charge in [0.1, 0.15) is 16.7 Å². The number of anilines is 2. The van der Waals surface area contributed by atoms with E-state index in [9.17, 15) is 24.3 Å². The molecule has 0 heterocycles. The van der Waals surface area contributed by atoms with Gasteiger partial charge in [0.25, 0.3) is 11.8 Å². The van der Waals surface area contributed by atoms with Crippen molar-refractivity contribution in [3.63, 3.8) is 0 Å². The summed E-state index contributed by atoms with van der Waals surface area (Å²) in [5.41, 5.74) is 2.48. The molecule has 1 atom stereocenters. The Kier molecular flexibility index (Phi) is 11.5. The molecule has 0 aliphatic rings. The predicted octanol–water partition coefficient (Wildman–Crippen LogP) is 7.93. The Hall–Kier alpha value is -5.84. The second kappa shape index (κ2) is 16.3. The highest BCUT2D eigenvalue weighted by Gasteiger charge is 2.23. The number of amides is 3. The first-order chi connectivity index (χ1) is 23.7. The maximum Gasteiger partial charge on any atom is 0.337 e. The zero-order valence-electron chi connectivity index (χ0n) is 26.1. The summed E-state index contributed by atoms with van der Waals surface area (Å²) in [7, 11) is 1.56. The Balaban J connectivity index is 1.33. The van der Waals surface area contributed by atoms with E-state index in [0.717, 1.165) is 10.5 Å². The molecule has 5 rings (SSSR count). The molecule has 11 heteroatoms. The van der Waals surface area contributed by atoms with Crippen LogP contribution in [0.4, 0.5) is 11.4 Å². The van der Waals surface area contributed by atoms with Gasteiger partial charge in [0.2, 0.25) is 5.91 Å². The summed E-state index contributed by atoms with van der Waals surface area (Å²) in [5.74, 6) is -1.89. The van der Waals surface area contributed by atoms with Crippen molar-refractivity contribution in [2.24, 2.45) is 0 Å². The van der Waals surface area contributed by atoms with Crippen LogP contribution >= 0.6 is 23.4 Å². The molecule has 0 bridgehead atoms. The third kappa shape index (κ3) is 9.38. The fraction of sp³-hybridized carbons (Fsp3) is 0.0526. The van der Waals surface area contributed by atoms with Crippen LogP contribution in [-0.4, -0.2) is 35.9 Å². The number of rotatable bonds is 12. The normalized spacial score (nSPS) is 11.6. The number of ether oxygens (including phenoxy) is 1. The van der Waals surface area contributed by atoms with Crippen LogP contribution in [0.25, 0.3) is 6.08 Å². The maximum absolute atomic E-state index is 13.5. The summed E-state index contributed by atoms with van der Waals surface area (Å²) in [4.78, 5) is 52.3. The zero-order valence-corrected chi connectivity index (χ0v) is 27.6. The molecule has 5 aromatic rings. The van der Waals surface area contributed by atoms with Gasteiger partial charge in [-0.1, -0.05) is 72.3 Å². The topological polar surface area (TPSA) is 134 Å². The van der Waals surface area contributed by atoms with Gasteiger partial charge in [-0.25, -0.2) is 4.79 Å². The minimum absolute atomic E-state index is 0.0338. The Bertz CT molecular complexity index is 1990. The zero-order chi connectivity index (χ0) is 34.8. The second-order valence-corrected chi connectivity index (χ2v) is 12.1. The third-order valence-corrected chi connectivity index (χ3v) is 8.72. The average Bonchev–Trinajstić information content (AvgIpc) is 3.12. The lowest BCUT2D eigenvalue weighted by atomic mass is 10.1. The largest absolute Gasteiger partial charge is 0.497 e. The molecule has 0 aliphatic heterocycles. The number of carboxylic acids is 1. The number of carboxylic acid groups (broad SMARTS) is 1. The Morgan fingerprint density at radius 3 is 2.04 bits per heavy atom. The van der Waals surface area contributed by atoms with Crippen LogP contribution in [0, 0.1) is 0 Å². The lowest BCUT2D eigenvalue weighted by Gasteiger charge is -2.18. The fourth-order valence-electron chi connectivity index (χ4n) is 4.64. The van der Waals surface area contributed by atoms with E-state index in [1.807, 2.05) is 30.3 Å². The number of benzene rings is 5. The summed E-state index contributed by atoms with van der Waals surface area (Å²) < 4.78 is 5.22. The Morgan fingerprint density at radius 2 is 1.41 bits per heavy atom. The number of hydrogen-bond donors (Lipinski definition) is 4. The first-order valence-electron chi connectivity index (χ1n) is 14.9. The molecule has 0 fully saturated rings. The molecule has 5 aromatic carbocycles.